The first-order chi connectivity index (χ1) is 18.4. The summed E-state index contributed by atoms with van der Waals surface area (Å²) in [6.45, 7) is 2.62. The lowest BCUT2D eigenvalue weighted by Gasteiger charge is -2.36. The van der Waals surface area contributed by atoms with Crippen LogP contribution in [0.2, 0.25) is 0 Å². The number of nitrogens with zero attached hydrogens (tertiary/aromatic N) is 3. The van der Waals surface area contributed by atoms with Gasteiger partial charge in [-0.15, -0.1) is 0 Å². The number of hydrogen-bond donors (Lipinski definition) is 1. The highest BCUT2D eigenvalue weighted by atomic mass is 127. The van der Waals surface area contributed by atoms with E-state index in [1.54, 1.807) is 11.2 Å². The maximum atomic E-state index is 14.2. The number of aromatic nitrogens is 2. The molecule has 38 heavy (non-hydrogen) atoms. The molecular formula is C30H28IN3O4. The Morgan fingerprint density at radius 2 is 1.71 bits per heavy atom. The summed E-state index contributed by atoms with van der Waals surface area (Å²) in [7, 11) is 1.35. The van der Waals surface area contributed by atoms with Crippen LogP contribution in [0.1, 0.15) is 39.6 Å². The lowest BCUT2D eigenvalue weighted by molar-refractivity contribution is -0.154. The number of aryl methyl sites for hydroxylation is 1. The van der Waals surface area contributed by atoms with E-state index in [1.807, 2.05) is 84.3 Å². The van der Waals surface area contributed by atoms with Crippen molar-refractivity contribution in [2.75, 3.05) is 7.11 Å². The number of ether oxygens (including phenoxy) is 1. The minimum atomic E-state index is -0.771. The van der Waals surface area contributed by atoms with Gasteiger partial charge in [0.05, 0.1) is 35.2 Å². The summed E-state index contributed by atoms with van der Waals surface area (Å²) in [5, 5.41) is 10.1. The number of rotatable bonds is 6. The van der Waals surface area contributed by atoms with Gasteiger partial charge in [0.2, 0.25) is 5.91 Å². The van der Waals surface area contributed by atoms with Gasteiger partial charge in [-0.2, -0.15) is 0 Å². The van der Waals surface area contributed by atoms with E-state index in [4.69, 9.17) is 4.74 Å². The van der Waals surface area contributed by atoms with Gasteiger partial charge in [-0.25, -0.2) is 9.78 Å². The van der Waals surface area contributed by atoms with Gasteiger partial charge in [0.1, 0.15) is 11.8 Å². The smallest absolute Gasteiger partial charge is 0.328 e. The van der Waals surface area contributed by atoms with Crippen LogP contribution in [0.4, 0.5) is 0 Å². The van der Waals surface area contributed by atoms with Crippen LogP contribution in [0, 0.1) is 10.5 Å². The van der Waals surface area contributed by atoms with Gasteiger partial charge in [0, 0.05) is 18.7 Å². The van der Waals surface area contributed by atoms with Crippen molar-refractivity contribution in [3.63, 3.8) is 0 Å². The quantitative estimate of drug-likeness (QED) is 0.247. The number of esters is 1. The minimum absolute atomic E-state index is 0.165. The number of halogens is 1. The fraction of sp³-hybridized carbons (Fsp3) is 0.233. The molecule has 1 N–H and O–H groups in total. The highest BCUT2D eigenvalue weighted by Crippen LogP contribution is 2.32. The van der Waals surface area contributed by atoms with Crippen LogP contribution in [0.15, 0.2) is 79.1 Å². The second kappa shape index (κ2) is 11.0. The summed E-state index contributed by atoms with van der Waals surface area (Å²) in [6.07, 6.45) is 2.06. The molecule has 0 spiro atoms. The molecule has 0 bridgehead atoms. The van der Waals surface area contributed by atoms with Crippen molar-refractivity contribution in [3.05, 3.63) is 116 Å². The van der Waals surface area contributed by atoms with Crippen LogP contribution in [0.25, 0.3) is 0 Å². The van der Waals surface area contributed by atoms with Gasteiger partial charge >= 0.3 is 5.97 Å². The van der Waals surface area contributed by atoms with E-state index < -0.39 is 17.9 Å². The lowest BCUT2D eigenvalue weighted by Crippen LogP contribution is -2.51. The number of amides is 1. The average Bonchev–Trinajstić information content (AvgIpc) is 3.33. The fourth-order valence-electron chi connectivity index (χ4n) is 5.13. The van der Waals surface area contributed by atoms with E-state index >= 15 is 0 Å². The molecule has 0 aliphatic carbocycles. The van der Waals surface area contributed by atoms with Crippen molar-refractivity contribution in [2.45, 2.75) is 38.4 Å². The van der Waals surface area contributed by atoms with Crippen molar-refractivity contribution in [1.82, 2.24) is 14.5 Å². The van der Waals surface area contributed by atoms with Gasteiger partial charge in [-0.05, 0) is 57.8 Å². The molecule has 1 atom stereocenters. The summed E-state index contributed by atoms with van der Waals surface area (Å²) in [4.78, 5) is 33.5. The van der Waals surface area contributed by atoms with Crippen molar-refractivity contribution in [2.24, 2.45) is 0 Å². The number of benzene rings is 3. The van der Waals surface area contributed by atoms with E-state index in [-0.39, 0.29) is 18.2 Å². The third kappa shape index (κ3) is 5.05. The number of phenolic OH excluding ortho intramolecular Hbond substituents is 1. The molecule has 194 valence electrons. The molecule has 5 rings (SSSR count). The van der Waals surface area contributed by atoms with Gasteiger partial charge in [-0.3, -0.25) is 4.79 Å². The summed E-state index contributed by atoms with van der Waals surface area (Å²) in [6, 6.07) is 22.4. The Morgan fingerprint density at radius 1 is 1.08 bits per heavy atom. The van der Waals surface area contributed by atoms with Crippen LogP contribution in [0.5, 0.6) is 5.75 Å². The molecule has 2 heterocycles. The van der Waals surface area contributed by atoms with Crippen LogP contribution in [0.3, 0.4) is 0 Å². The predicted molar refractivity (Wildman–Crippen MR) is 152 cm³/mol. The Hall–Kier alpha value is -3.66. The van der Waals surface area contributed by atoms with Crippen molar-refractivity contribution < 1.29 is 19.4 Å². The molecular weight excluding hydrogens is 593 g/mol. The molecule has 0 unspecified atom stereocenters. The van der Waals surface area contributed by atoms with E-state index in [9.17, 15) is 14.7 Å². The zero-order valence-electron chi connectivity index (χ0n) is 21.2. The number of fused-ring (bicyclic) bond motifs is 1. The van der Waals surface area contributed by atoms with Crippen LogP contribution in [-0.2, 0) is 33.8 Å². The molecule has 0 saturated carbocycles. The first kappa shape index (κ1) is 26.0. The standard InChI is InChI=1S/C30H28IN3O4/c1-19-13-20(14-23(31)28(19)35)16-33-18-32-24-17-34(26(15-25(24)33)30(37)38-2)29(36)27(21-9-5-3-6-10-21)22-11-7-4-8-12-22/h3-14,18,26-27,35H,15-17H2,1-2H3/t26-/m0/s1. The van der Waals surface area contributed by atoms with Gasteiger partial charge in [0.25, 0.3) is 0 Å². The second-order valence-electron chi connectivity index (χ2n) is 9.47. The molecule has 4 aromatic rings. The van der Waals surface area contributed by atoms with Crippen LogP contribution < -0.4 is 0 Å². The Balaban J connectivity index is 1.50. The normalized spacial score (nSPS) is 14.8. The average molecular weight is 621 g/mol. The molecule has 1 amide bonds. The minimum Gasteiger partial charge on any atom is -0.507 e. The fourth-order valence-corrected chi connectivity index (χ4v) is 5.95. The summed E-state index contributed by atoms with van der Waals surface area (Å²) < 4.78 is 7.96. The Labute approximate surface area is 235 Å². The Kier molecular flexibility index (Phi) is 7.51. The zero-order valence-corrected chi connectivity index (χ0v) is 23.3. The number of carbonyl (C=O) groups excluding carboxylic acids is 2. The first-order valence-corrected chi connectivity index (χ1v) is 13.4. The molecule has 8 heteroatoms. The predicted octanol–water partition coefficient (Wildman–Crippen LogP) is 4.81. The lowest BCUT2D eigenvalue weighted by atomic mass is 9.88. The van der Waals surface area contributed by atoms with E-state index in [0.717, 1.165) is 37.2 Å². The number of carbonyl (C=O) groups is 2. The highest BCUT2D eigenvalue weighted by molar-refractivity contribution is 14.1. The van der Waals surface area contributed by atoms with Gasteiger partial charge < -0.3 is 19.3 Å². The molecule has 0 saturated heterocycles. The third-order valence-electron chi connectivity index (χ3n) is 7.05. The van der Waals surface area contributed by atoms with Crippen molar-refractivity contribution in [1.29, 1.82) is 0 Å². The Morgan fingerprint density at radius 3 is 2.29 bits per heavy atom. The topological polar surface area (TPSA) is 84.7 Å². The molecule has 1 aliphatic rings. The SMILES string of the molecule is COC(=O)[C@@H]1Cc2c(ncn2Cc2cc(C)c(O)c(I)c2)CN1C(=O)C(c1ccccc1)c1ccccc1. The monoisotopic (exact) mass is 621 g/mol. The van der Waals surface area contributed by atoms with Crippen LogP contribution in [-0.4, -0.2) is 44.6 Å². The summed E-state index contributed by atoms with van der Waals surface area (Å²) in [5.74, 6) is -0.892. The molecule has 1 aliphatic heterocycles. The highest BCUT2D eigenvalue weighted by Gasteiger charge is 2.40. The summed E-state index contributed by atoms with van der Waals surface area (Å²) in [5.41, 5.74) is 5.22. The maximum Gasteiger partial charge on any atom is 0.328 e. The number of phenols is 1. The number of aromatic hydroxyl groups is 1. The molecule has 0 fully saturated rings. The zero-order chi connectivity index (χ0) is 26.8. The van der Waals surface area contributed by atoms with Crippen molar-refractivity contribution >= 4 is 34.5 Å². The van der Waals surface area contributed by atoms with E-state index in [1.165, 1.54) is 7.11 Å². The van der Waals surface area contributed by atoms with E-state index in [2.05, 4.69) is 27.6 Å². The van der Waals surface area contributed by atoms with Crippen LogP contribution >= 0.6 is 22.6 Å². The summed E-state index contributed by atoms with van der Waals surface area (Å²) >= 11 is 2.12. The van der Waals surface area contributed by atoms with Crippen molar-refractivity contribution in [3.8, 4) is 5.75 Å². The third-order valence-corrected chi connectivity index (χ3v) is 7.87. The molecule has 1 aromatic heterocycles. The number of imidazole rings is 1. The van der Waals surface area contributed by atoms with Gasteiger partial charge in [0.15, 0.2) is 0 Å². The molecule has 7 nitrogen and oxygen atoms in total. The number of methoxy groups -OCH3 is 1. The second-order valence-corrected chi connectivity index (χ2v) is 10.6. The molecule has 0 radical (unpaired) electrons. The van der Waals surface area contributed by atoms with E-state index in [0.29, 0.717) is 13.0 Å². The molecule has 3 aromatic carbocycles. The largest absolute Gasteiger partial charge is 0.507 e. The van der Waals surface area contributed by atoms with Gasteiger partial charge in [-0.1, -0.05) is 66.7 Å². The Bertz CT molecular complexity index is 1410. The maximum absolute atomic E-state index is 14.2. The first-order valence-electron chi connectivity index (χ1n) is 12.4. The number of hydrogen-bond acceptors (Lipinski definition) is 5.